The molecule has 1 aromatic heterocycles. The second kappa shape index (κ2) is 6.56. The van der Waals surface area contributed by atoms with Gasteiger partial charge in [-0.3, -0.25) is 5.32 Å². The van der Waals surface area contributed by atoms with Gasteiger partial charge in [0.2, 0.25) is 0 Å². The monoisotopic (exact) mass is 301 g/mol. The van der Waals surface area contributed by atoms with Gasteiger partial charge >= 0.3 is 6.09 Å². The third-order valence-electron chi connectivity index (χ3n) is 3.07. The summed E-state index contributed by atoms with van der Waals surface area (Å²) in [4.78, 5) is 11.9. The minimum Gasteiger partial charge on any atom is -0.444 e. The van der Waals surface area contributed by atoms with Crippen molar-refractivity contribution in [3.63, 3.8) is 0 Å². The van der Waals surface area contributed by atoms with Gasteiger partial charge in [0.05, 0.1) is 17.9 Å². The van der Waals surface area contributed by atoms with Gasteiger partial charge in [-0.05, 0) is 45.0 Å². The Morgan fingerprint density at radius 3 is 2.41 bits per heavy atom. The van der Waals surface area contributed by atoms with E-state index in [0.717, 1.165) is 11.4 Å². The van der Waals surface area contributed by atoms with Crippen LogP contribution < -0.4 is 10.6 Å². The summed E-state index contributed by atoms with van der Waals surface area (Å²) in [6, 6.07) is 11.6. The zero-order chi connectivity index (χ0) is 16.2. The maximum absolute atomic E-state index is 11.9. The average Bonchev–Trinajstić information content (AvgIpc) is 2.81. The standard InChI is InChI=1S/C17H23N3O2/c1-17(2,3)22-16(21)19-15-10-6-5-9-14(15)18-12-13-8-7-11-20(13)4/h5-11,18H,12H2,1-4H3,(H,19,21). The van der Waals surface area contributed by atoms with E-state index < -0.39 is 11.7 Å². The van der Waals surface area contributed by atoms with E-state index in [1.807, 2.05) is 64.3 Å². The molecule has 5 heteroatoms. The summed E-state index contributed by atoms with van der Waals surface area (Å²) in [5.41, 5.74) is 2.20. The van der Waals surface area contributed by atoms with Gasteiger partial charge in [-0.25, -0.2) is 4.79 Å². The fraction of sp³-hybridized carbons (Fsp3) is 0.353. The predicted octanol–water partition coefficient (Wildman–Crippen LogP) is 3.98. The molecule has 0 radical (unpaired) electrons. The molecule has 0 saturated heterocycles. The number of carbonyl (C=O) groups excluding carboxylic acids is 1. The number of hydrogen-bond acceptors (Lipinski definition) is 3. The normalized spacial score (nSPS) is 11.1. The molecule has 0 aliphatic heterocycles. The van der Waals surface area contributed by atoms with Gasteiger partial charge in [0.15, 0.2) is 0 Å². The third-order valence-corrected chi connectivity index (χ3v) is 3.07. The first-order valence-electron chi connectivity index (χ1n) is 7.28. The summed E-state index contributed by atoms with van der Waals surface area (Å²) in [6.45, 7) is 6.20. The number of benzene rings is 1. The van der Waals surface area contributed by atoms with E-state index in [9.17, 15) is 4.79 Å². The first-order chi connectivity index (χ1) is 10.3. The topological polar surface area (TPSA) is 55.3 Å². The molecule has 0 aliphatic carbocycles. The summed E-state index contributed by atoms with van der Waals surface area (Å²) >= 11 is 0. The van der Waals surface area contributed by atoms with Crippen LogP contribution in [-0.4, -0.2) is 16.3 Å². The van der Waals surface area contributed by atoms with E-state index in [-0.39, 0.29) is 0 Å². The van der Waals surface area contributed by atoms with Crippen molar-refractivity contribution in [2.24, 2.45) is 7.05 Å². The molecule has 2 aromatic rings. The molecule has 0 fully saturated rings. The summed E-state index contributed by atoms with van der Waals surface area (Å²) in [7, 11) is 2.00. The van der Waals surface area contributed by atoms with Gasteiger partial charge in [-0.15, -0.1) is 0 Å². The number of carbonyl (C=O) groups is 1. The van der Waals surface area contributed by atoms with Crippen molar-refractivity contribution in [1.29, 1.82) is 0 Å². The second-order valence-electron chi connectivity index (χ2n) is 6.14. The van der Waals surface area contributed by atoms with E-state index in [2.05, 4.69) is 21.3 Å². The maximum atomic E-state index is 11.9. The first kappa shape index (κ1) is 15.9. The number of aromatic nitrogens is 1. The molecule has 1 aromatic carbocycles. The van der Waals surface area contributed by atoms with Gasteiger partial charge in [-0.1, -0.05) is 12.1 Å². The second-order valence-corrected chi connectivity index (χ2v) is 6.14. The van der Waals surface area contributed by atoms with Crippen LogP contribution in [0, 0.1) is 0 Å². The van der Waals surface area contributed by atoms with E-state index in [4.69, 9.17) is 4.74 Å². The van der Waals surface area contributed by atoms with Gasteiger partial charge in [-0.2, -0.15) is 0 Å². The molecule has 22 heavy (non-hydrogen) atoms. The number of nitrogens with one attached hydrogen (secondary N) is 2. The van der Waals surface area contributed by atoms with Crippen molar-refractivity contribution >= 4 is 17.5 Å². The molecule has 2 rings (SSSR count). The van der Waals surface area contributed by atoms with Crippen molar-refractivity contribution in [1.82, 2.24) is 4.57 Å². The van der Waals surface area contributed by atoms with Crippen LogP contribution >= 0.6 is 0 Å². The highest BCUT2D eigenvalue weighted by molar-refractivity contribution is 5.89. The van der Waals surface area contributed by atoms with Crippen molar-refractivity contribution in [3.8, 4) is 0 Å². The molecular formula is C17H23N3O2. The highest BCUT2D eigenvalue weighted by Gasteiger charge is 2.17. The van der Waals surface area contributed by atoms with Crippen LogP contribution in [0.3, 0.4) is 0 Å². The average molecular weight is 301 g/mol. The zero-order valence-corrected chi connectivity index (χ0v) is 13.5. The number of para-hydroxylation sites is 2. The molecule has 0 bridgehead atoms. The first-order valence-corrected chi connectivity index (χ1v) is 7.28. The fourth-order valence-electron chi connectivity index (χ4n) is 2.03. The van der Waals surface area contributed by atoms with Crippen LogP contribution in [0.2, 0.25) is 0 Å². The highest BCUT2D eigenvalue weighted by Crippen LogP contribution is 2.22. The van der Waals surface area contributed by atoms with Gasteiger partial charge in [0.1, 0.15) is 5.60 Å². The molecule has 0 saturated carbocycles. The molecular weight excluding hydrogens is 278 g/mol. The molecule has 1 amide bonds. The Balaban J connectivity index is 2.03. The Morgan fingerprint density at radius 2 is 1.82 bits per heavy atom. The van der Waals surface area contributed by atoms with E-state index >= 15 is 0 Å². The lowest BCUT2D eigenvalue weighted by Gasteiger charge is -2.20. The Morgan fingerprint density at radius 1 is 1.14 bits per heavy atom. The van der Waals surface area contributed by atoms with Crippen LogP contribution in [0.5, 0.6) is 0 Å². The van der Waals surface area contributed by atoms with Crippen molar-refractivity contribution in [3.05, 3.63) is 48.3 Å². The zero-order valence-electron chi connectivity index (χ0n) is 13.5. The quantitative estimate of drug-likeness (QED) is 0.898. The Bertz CT molecular complexity index is 641. The molecule has 0 aliphatic rings. The van der Waals surface area contributed by atoms with Crippen molar-refractivity contribution in [2.75, 3.05) is 10.6 Å². The summed E-state index contributed by atoms with van der Waals surface area (Å²) in [5.74, 6) is 0. The Kier molecular flexibility index (Phi) is 4.75. The molecule has 2 N–H and O–H groups in total. The lowest BCUT2D eigenvalue weighted by Crippen LogP contribution is -2.27. The Labute approximate surface area is 131 Å². The lowest BCUT2D eigenvalue weighted by atomic mass is 10.2. The fourth-order valence-corrected chi connectivity index (χ4v) is 2.03. The van der Waals surface area contributed by atoms with Gasteiger partial charge in [0.25, 0.3) is 0 Å². The summed E-state index contributed by atoms with van der Waals surface area (Å²) in [5, 5.41) is 6.11. The maximum Gasteiger partial charge on any atom is 0.412 e. The minimum atomic E-state index is -0.518. The smallest absolute Gasteiger partial charge is 0.412 e. The Hall–Kier alpha value is -2.43. The number of aryl methyl sites for hydroxylation is 1. The SMILES string of the molecule is Cn1cccc1CNc1ccccc1NC(=O)OC(C)(C)C. The van der Waals surface area contributed by atoms with Crippen LogP contribution in [0.1, 0.15) is 26.5 Å². The number of anilines is 2. The lowest BCUT2D eigenvalue weighted by molar-refractivity contribution is 0.0636. The van der Waals surface area contributed by atoms with E-state index in [1.165, 1.54) is 0 Å². The largest absolute Gasteiger partial charge is 0.444 e. The number of hydrogen-bond donors (Lipinski definition) is 2. The number of nitrogens with zero attached hydrogens (tertiary/aromatic N) is 1. The van der Waals surface area contributed by atoms with Crippen molar-refractivity contribution < 1.29 is 9.53 Å². The van der Waals surface area contributed by atoms with Crippen molar-refractivity contribution in [2.45, 2.75) is 32.9 Å². The minimum absolute atomic E-state index is 0.458. The van der Waals surface area contributed by atoms with Crippen LogP contribution in [0.4, 0.5) is 16.2 Å². The predicted molar refractivity (Wildman–Crippen MR) is 89.0 cm³/mol. The highest BCUT2D eigenvalue weighted by atomic mass is 16.6. The van der Waals surface area contributed by atoms with Gasteiger partial charge < -0.3 is 14.6 Å². The molecule has 1 heterocycles. The molecule has 0 atom stereocenters. The molecule has 118 valence electrons. The van der Waals surface area contributed by atoms with Crippen LogP contribution in [0.25, 0.3) is 0 Å². The number of rotatable bonds is 4. The molecule has 0 spiro atoms. The summed E-state index contributed by atoms with van der Waals surface area (Å²) < 4.78 is 7.34. The number of ether oxygens (including phenoxy) is 1. The van der Waals surface area contributed by atoms with E-state index in [0.29, 0.717) is 12.2 Å². The van der Waals surface area contributed by atoms with Crippen LogP contribution in [0.15, 0.2) is 42.6 Å². The molecule has 0 unspecified atom stereocenters. The van der Waals surface area contributed by atoms with Crippen LogP contribution in [-0.2, 0) is 18.3 Å². The summed E-state index contributed by atoms with van der Waals surface area (Å²) in [6.07, 6.45) is 1.54. The third kappa shape index (κ3) is 4.55. The number of amides is 1. The van der Waals surface area contributed by atoms with Gasteiger partial charge in [0, 0.05) is 18.9 Å². The van der Waals surface area contributed by atoms with E-state index in [1.54, 1.807) is 0 Å². The molecule has 5 nitrogen and oxygen atoms in total.